The highest BCUT2D eigenvalue weighted by Crippen LogP contribution is 2.43. The minimum Gasteiger partial charge on any atom is -0.238 e. The molecule has 1 aliphatic carbocycles. The highest BCUT2D eigenvalue weighted by atomic mass is 19.4. The van der Waals surface area contributed by atoms with Crippen molar-refractivity contribution in [2.24, 2.45) is 4.99 Å². The zero-order valence-corrected chi connectivity index (χ0v) is 20.0. The fraction of sp³-hybridized carbons (Fsp3) is 0.0667. The molecule has 0 fully saturated rings. The zero-order valence-electron chi connectivity index (χ0n) is 20.0. The van der Waals surface area contributed by atoms with Gasteiger partial charge in [-0.25, -0.2) is 4.85 Å². The Morgan fingerprint density at radius 1 is 0.625 bits per heavy atom. The van der Waals surface area contributed by atoms with Gasteiger partial charge >= 0.3 is 12.4 Å². The first-order chi connectivity index (χ1) is 19.0. The predicted molar refractivity (Wildman–Crippen MR) is 135 cm³/mol. The summed E-state index contributed by atoms with van der Waals surface area (Å²) < 4.78 is 81.1. The fourth-order valence-electron chi connectivity index (χ4n) is 4.72. The molecular formula is C30H12F6N4. The lowest BCUT2D eigenvalue weighted by Gasteiger charge is -2.12. The monoisotopic (exact) mass is 542 g/mol. The van der Waals surface area contributed by atoms with Crippen LogP contribution in [0.3, 0.4) is 0 Å². The van der Waals surface area contributed by atoms with E-state index < -0.39 is 34.7 Å². The topological polar surface area (TPSA) is 64.3 Å². The lowest BCUT2D eigenvalue weighted by Crippen LogP contribution is -2.08. The molecule has 4 aromatic rings. The van der Waals surface area contributed by atoms with Gasteiger partial charge in [0.1, 0.15) is 0 Å². The van der Waals surface area contributed by atoms with Gasteiger partial charge in [-0.15, -0.1) is 0 Å². The molecule has 0 unspecified atom stereocenters. The molecule has 5 rings (SSSR count). The summed E-state index contributed by atoms with van der Waals surface area (Å²) in [7, 11) is 0. The van der Waals surface area contributed by atoms with Crippen molar-refractivity contribution in [2.75, 3.05) is 0 Å². The van der Waals surface area contributed by atoms with Crippen LogP contribution in [0, 0.1) is 29.4 Å². The highest BCUT2D eigenvalue weighted by Gasteiger charge is 2.35. The summed E-state index contributed by atoms with van der Waals surface area (Å²) in [6, 6.07) is 18.0. The molecule has 4 nitrogen and oxygen atoms in total. The summed E-state index contributed by atoms with van der Waals surface area (Å²) in [5.41, 5.74) is 0.417. The van der Waals surface area contributed by atoms with E-state index in [0.717, 1.165) is 24.3 Å². The smallest absolute Gasteiger partial charge is 0.238 e. The zero-order chi connectivity index (χ0) is 28.8. The number of rotatable bonds is 2. The molecule has 40 heavy (non-hydrogen) atoms. The van der Waals surface area contributed by atoms with Gasteiger partial charge in [0.25, 0.3) is 0 Å². The Labute approximate surface area is 223 Å². The number of fused-ring (bicyclic) bond motifs is 3. The lowest BCUT2D eigenvalue weighted by molar-refractivity contribution is -0.138. The third-order valence-corrected chi connectivity index (χ3v) is 6.54. The van der Waals surface area contributed by atoms with Crippen molar-refractivity contribution >= 4 is 11.4 Å². The summed E-state index contributed by atoms with van der Waals surface area (Å²) in [5.74, 6) is 0. The second-order valence-electron chi connectivity index (χ2n) is 8.79. The van der Waals surface area contributed by atoms with E-state index in [9.17, 15) is 31.6 Å². The standard InChI is InChI=1S/C30H12F6N4/c1-39-27-9-6-19(13-26(27)30(34,35)36)17-5-8-22-21-7-4-16(10-23(21)28(40-15-38)24(22)11-17)18-2-3-20(14-37)25(12-18)29(31,32)33/h2-13H/b40-28+. The SMILES string of the molecule is [C-]#[N+]c1ccc(-c2ccc3c(c2)/C(=N/C#N)c2cc(-c4ccc(C#N)c(C(F)(F)F)c4)ccc2-3)cc1C(F)(F)F. The third kappa shape index (κ3) is 4.44. The van der Waals surface area contributed by atoms with Crippen LogP contribution < -0.4 is 0 Å². The van der Waals surface area contributed by atoms with Gasteiger partial charge in [0.05, 0.1) is 35.0 Å². The maximum atomic E-state index is 13.5. The number of halogens is 6. The molecule has 0 radical (unpaired) electrons. The third-order valence-electron chi connectivity index (χ3n) is 6.54. The number of hydrogen-bond donors (Lipinski definition) is 0. The van der Waals surface area contributed by atoms with Crippen molar-refractivity contribution < 1.29 is 26.3 Å². The molecule has 0 aliphatic heterocycles. The van der Waals surface area contributed by atoms with Crippen LogP contribution in [-0.2, 0) is 12.4 Å². The van der Waals surface area contributed by atoms with Gasteiger partial charge in [-0.2, -0.15) is 41.9 Å². The molecule has 0 atom stereocenters. The molecule has 0 saturated carbocycles. The van der Waals surface area contributed by atoms with E-state index in [2.05, 4.69) is 9.84 Å². The van der Waals surface area contributed by atoms with Crippen LogP contribution in [0.1, 0.15) is 27.8 Å². The van der Waals surface area contributed by atoms with E-state index in [0.29, 0.717) is 33.4 Å². The van der Waals surface area contributed by atoms with E-state index in [1.165, 1.54) is 12.1 Å². The first-order valence-electron chi connectivity index (χ1n) is 11.4. The highest BCUT2D eigenvalue weighted by molar-refractivity contribution is 6.25. The molecule has 0 amide bonds. The molecule has 194 valence electrons. The molecule has 0 aromatic heterocycles. The number of hydrogen-bond acceptors (Lipinski definition) is 3. The van der Waals surface area contributed by atoms with Crippen LogP contribution in [0.4, 0.5) is 32.0 Å². The first kappa shape index (κ1) is 26.2. The number of aliphatic imine (C=N–C) groups is 1. The Hall–Kier alpha value is -5.40. The number of benzene rings is 4. The summed E-state index contributed by atoms with van der Waals surface area (Å²) >= 11 is 0. The van der Waals surface area contributed by atoms with Gasteiger partial charge in [0.15, 0.2) is 5.69 Å². The molecule has 1 aliphatic rings. The van der Waals surface area contributed by atoms with Gasteiger partial charge in [-0.1, -0.05) is 48.5 Å². The van der Waals surface area contributed by atoms with Crippen LogP contribution >= 0.6 is 0 Å². The summed E-state index contributed by atoms with van der Waals surface area (Å²) in [6.07, 6.45) is -7.75. The van der Waals surface area contributed by atoms with Crippen LogP contribution in [-0.4, -0.2) is 5.71 Å². The van der Waals surface area contributed by atoms with Gasteiger partial charge in [-0.3, -0.25) is 0 Å². The normalized spacial score (nSPS) is 13.2. The van der Waals surface area contributed by atoms with Crippen molar-refractivity contribution in [1.82, 2.24) is 0 Å². The van der Waals surface area contributed by atoms with E-state index in [4.69, 9.17) is 11.8 Å². The molecule has 0 heterocycles. The molecule has 4 aromatic carbocycles. The molecule has 0 N–H and O–H groups in total. The molecule has 0 bridgehead atoms. The Morgan fingerprint density at radius 3 is 1.57 bits per heavy atom. The number of alkyl halides is 6. The number of nitriles is 2. The van der Waals surface area contributed by atoms with Crippen LogP contribution in [0.25, 0.3) is 38.2 Å². The first-order valence-corrected chi connectivity index (χ1v) is 11.4. The maximum Gasteiger partial charge on any atom is 0.417 e. The summed E-state index contributed by atoms with van der Waals surface area (Å²) in [6.45, 7) is 7.04. The average molecular weight is 542 g/mol. The second kappa shape index (κ2) is 9.41. The average Bonchev–Trinajstić information content (AvgIpc) is 3.23. The van der Waals surface area contributed by atoms with Gasteiger partial charge in [-0.05, 0) is 57.6 Å². The van der Waals surface area contributed by atoms with Crippen molar-refractivity contribution in [3.63, 3.8) is 0 Å². The van der Waals surface area contributed by atoms with Crippen molar-refractivity contribution in [1.29, 1.82) is 10.5 Å². The summed E-state index contributed by atoms with van der Waals surface area (Å²) in [4.78, 5) is 6.87. The van der Waals surface area contributed by atoms with Gasteiger partial charge in [0.2, 0.25) is 6.19 Å². The molecule has 10 heteroatoms. The predicted octanol–water partition coefficient (Wildman–Crippen LogP) is 8.78. The minimum atomic E-state index is -4.74. The fourth-order valence-corrected chi connectivity index (χ4v) is 4.72. The largest absolute Gasteiger partial charge is 0.417 e. The van der Waals surface area contributed by atoms with E-state index in [-0.39, 0.29) is 16.8 Å². The van der Waals surface area contributed by atoms with E-state index >= 15 is 0 Å². The molecule has 0 saturated heterocycles. The molecule has 0 spiro atoms. The van der Waals surface area contributed by atoms with Gasteiger partial charge < -0.3 is 0 Å². The number of nitrogens with zero attached hydrogens (tertiary/aromatic N) is 4. The van der Waals surface area contributed by atoms with Crippen LogP contribution in [0.2, 0.25) is 0 Å². The summed E-state index contributed by atoms with van der Waals surface area (Å²) in [5, 5.41) is 18.5. The van der Waals surface area contributed by atoms with Crippen LogP contribution in [0.15, 0.2) is 77.8 Å². The molecular weight excluding hydrogens is 530 g/mol. The van der Waals surface area contributed by atoms with Gasteiger partial charge in [0, 0.05) is 11.1 Å². The van der Waals surface area contributed by atoms with Crippen molar-refractivity contribution in [3.8, 4) is 45.6 Å². The van der Waals surface area contributed by atoms with E-state index in [1.807, 2.05) is 0 Å². The van der Waals surface area contributed by atoms with Crippen molar-refractivity contribution in [2.45, 2.75) is 12.4 Å². The second-order valence-corrected chi connectivity index (χ2v) is 8.79. The van der Waals surface area contributed by atoms with Crippen molar-refractivity contribution in [3.05, 3.63) is 112 Å². The van der Waals surface area contributed by atoms with Crippen LogP contribution in [0.5, 0.6) is 0 Å². The Morgan fingerprint density at radius 2 is 1.10 bits per heavy atom. The maximum absolute atomic E-state index is 13.5. The minimum absolute atomic E-state index is 0.196. The Bertz CT molecular complexity index is 1730. The Balaban J connectivity index is 1.62. The van der Waals surface area contributed by atoms with E-state index in [1.54, 1.807) is 48.7 Å². The Kier molecular flexibility index (Phi) is 6.17. The quantitative estimate of drug-likeness (QED) is 0.127. The lowest BCUT2D eigenvalue weighted by atomic mass is 9.95.